The maximum absolute atomic E-state index is 11.8. The van der Waals surface area contributed by atoms with Gasteiger partial charge in [0, 0.05) is 24.4 Å². The number of carbonyl (C=O) groups is 1. The van der Waals surface area contributed by atoms with Gasteiger partial charge >= 0.3 is 0 Å². The summed E-state index contributed by atoms with van der Waals surface area (Å²) in [4.78, 5) is 17.8. The molecule has 1 aromatic carbocycles. The fraction of sp³-hybridized carbons (Fsp3) is 0.263. The molecule has 1 fully saturated rings. The molecule has 5 nitrogen and oxygen atoms in total. The van der Waals surface area contributed by atoms with Crippen LogP contribution in [0.5, 0.6) is 5.88 Å². The zero-order valence-electron chi connectivity index (χ0n) is 13.6. The van der Waals surface area contributed by atoms with Crippen molar-refractivity contribution in [1.82, 2.24) is 9.88 Å². The van der Waals surface area contributed by atoms with Gasteiger partial charge in [0.1, 0.15) is 6.10 Å². The molecule has 3 rings (SSSR count). The fourth-order valence-corrected chi connectivity index (χ4v) is 2.74. The molecule has 0 N–H and O–H groups in total. The second-order valence-electron chi connectivity index (χ2n) is 5.56. The Hall–Kier alpha value is -2.66. The van der Waals surface area contributed by atoms with E-state index in [1.165, 1.54) is 6.08 Å². The SMILES string of the molecule is C=CC(=O)N1CCO[C@H](c2ccc(-c3ccc(OC)nc3)cc2)C1. The number of hydrogen-bond donors (Lipinski definition) is 0. The summed E-state index contributed by atoms with van der Waals surface area (Å²) >= 11 is 0. The lowest BCUT2D eigenvalue weighted by Crippen LogP contribution is -2.41. The van der Waals surface area contributed by atoms with Crippen LogP contribution < -0.4 is 4.74 Å². The number of amides is 1. The van der Waals surface area contributed by atoms with E-state index in [-0.39, 0.29) is 12.0 Å². The van der Waals surface area contributed by atoms with E-state index in [2.05, 4.69) is 11.6 Å². The third kappa shape index (κ3) is 3.46. The number of carbonyl (C=O) groups excluding carboxylic acids is 1. The first-order chi connectivity index (χ1) is 11.7. The van der Waals surface area contributed by atoms with Gasteiger partial charge in [-0.25, -0.2) is 4.98 Å². The van der Waals surface area contributed by atoms with Gasteiger partial charge in [-0.2, -0.15) is 0 Å². The summed E-state index contributed by atoms with van der Waals surface area (Å²) in [6, 6.07) is 12.0. The third-order valence-corrected chi connectivity index (χ3v) is 4.11. The molecule has 24 heavy (non-hydrogen) atoms. The van der Waals surface area contributed by atoms with E-state index < -0.39 is 0 Å². The van der Waals surface area contributed by atoms with E-state index in [0.717, 1.165) is 16.7 Å². The highest BCUT2D eigenvalue weighted by atomic mass is 16.5. The molecule has 1 saturated heterocycles. The van der Waals surface area contributed by atoms with Crippen molar-refractivity contribution in [3.05, 3.63) is 60.8 Å². The minimum absolute atomic E-state index is 0.0516. The van der Waals surface area contributed by atoms with E-state index in [9.17, 15) is 4.79 Å². The molecule has 0 bridgehead atoms. The summed E-state index contributed by atoms with van der Waals surface area (Å²) in [6.07, 6.45) is 3.03. The van der Waals surface area contributed by atoms with E-state index in [4.69, 9.17) is 9.47 Å². The summed E-state index contributed by atoms with van der Waals surface area (Å²) in [6.45, 7) is 5.24. The Labute approximate surface area is 141 Å². The summed E-state index contributed by atoms with van der Waals surface area (Å²) in [5, 5.41) is 0. The van der Waals surface area contributed by atoms with Crippen LogP contribution in [-0.4, -0.2) is 42.6 Å². The number of methoxy groups -OCH3 is 1. The van der Waals surface area contributed by atoms with Gasteiger partial charge in [0.2, 0.25) is 11.8 Å². The van der Waals surface area contributed by atoms with Crippen LogP contribution in [0, 0.1) is 0 Å². The third-order valence-electron chi connectivity index (χ3n) is 4.11. The van der Waals surface area contributed by atoms with Crippen LogP contribution in [-0.2, 0) is 9.53 Å². The first kappa shape index (κ1) is 16.2. The van der Waals surface area contributed by atoms with E-state index in [1.807, 2.05) is 36.4 Å². The largest absolute Gasteiger partial charge is 0.481 e. The van der Waals surface area contributed by atoms with Crippen LogP contribution in [0.1, 0.15) is 11.7 Å². The molecule has 2 heterocycles. The van der Waals surface area contributed by atoms with Crippen molar-refractivity contribution in [1.29, 1.82) is 0 Å². The summed E-state index contributed by atoms with van der Waals surface area (Å²) in [5.74, 6) is 0.544. The Bertz CT molecular complexity index is 710. The second kappa shape index (κ2) is 7.27. The number of ether oxygens (including phenoxy) is 2. The lowest BCUT2D eigenvalue weighted by atomic mass is 10.0. The van der Waals surface area contributed by atoms with Crippen molar-refractivity contribution in [2.45, 2.75) is 6.10 Å². The molecule has 0 spiro atoms. The molecule has 0 aliphatic carbocycles. The highest BCUT2D eigenvalue weighted by Crippen LogP contribution is 2.26. The van der Waals surface area contributed by atoms with E-state index in [0.29, 0.717) is 25.6 Å². The molecule has 1 aliphatic heterocycles. The quantitative estimate of drug-likeness (QED) is 0.812. The van der Waals surface area contributed by atoms with Gasteiger partial charge in [-0.05, 0) is 23.3 Å². The van der Waals surface area contributed by atoms with Crippen LogP contribution in [0.3, 0.4) is 0 Å². The molecule has 2 aromatic rings. The smallest absolute Gasteiger partial charge is 0.246 e. The number of pyridine rings is 1. The van der Waals surface area contributed by atoms with Crippen molar-refractivity contribution < 1.29 is 14.3 Å². The van der Waals surface area contributed by atoms with Gasteiger partial charge in [0.15, 0.2) is 0 Å². The van der Waals surface area contributed by atoms with Gasteiger partial charge in [0.25, 0.3) is 0 Å². The number of rotatable bonds is 4. The highest BCUT2D eigenvalue weighted by molar-refractivity contribution is 5.87. The Balaban J connectivity index is 1.73. The molecule has 0 unspecified atom stereocenters. The van der Waals surface area contributed by atoms with Crippen LogP contribution >= 0.6 is 0 Å². The summed E-state index contributed by atoms with van der Waals surface area (Å²) in [5.41, 5.74) is 3.15. The minimum Gasteiger partial charge on any atom is -0.481 e. The zero-order valence-corrected chi connectivity index (χ0v) is 13.6. The first-order valence-corrected chi connectivity index (χ1v) is 7.84. The number of morpholine rings is 1. The van der Waals surface area contributed by atoms with Crippen molar-refractivity contribution in [2.75, 3.05) is 26.8 Å². The zero-order chi connectivity index (χ0) is 16.9. The average Bonchev–Trinajstić information content (AvgIpc) is 2.67. The molecule has 1 aromatic heterocycles. The van der Waals surface area contributed by atoms with E-state index >= 15 is 0 Å². The number of aromatic nitrogens is 1. The topological polar surface area (TPSA) is 51.7 Å². The number of benzene rings is 1. The predicted molar refractivity (Wildman–Crippen MR) is 91.7 cm³/mol. The van der Waals surface area contributed by atoms with Crippen molar-refractivity contribution in [3.8, 4) is 17.0 Å². The summed E-state index contributed by atoms with van der Waals surface area (Å²) < 4.78 is 10.9. The Morgan fingerprint density at radius 1 is 1.29 bits per heavy atom. The Morgan fingerprint density at radius 2 is 2.04 bits per heavy atom. The summed E-state index contributed by atoms with van der Waals surface area (Å²) in [7, 11) is 1.60. The van der Waals surface area contributed by atoms with Gasteiger partial charge in [-0.15, -0.1) is 0 Å². The van der Waals surface area contributed by atoms with Crippen LogP contribution in [0.25, 0.3) is 11.1 Å². The highest BCUT2D eigenvalue weighted by Gasteiger charge is 2.24. The van der Waals surface area contributed by atoms with Crippen LogP contribution in [0.2, 0.25) is 0 Å². The lowest BCUT2D eigenvalue weighted by Gasteiger charge is -2.32. The first-order valence-electron chi connectivity index (χ1n) is 7.84. The molecule has 1 atom stereocenters. The van der Waals surface area contributed by atoms with Gasteiger partial charge in [-0.1, -0.05) is 30.8 Å². The van der Waals surface area contributed by atoms with Crippen LogP contribution in [0.15, 0.2) is 55.3 Å². The second-order valence-corrected chi connectivity index (χ2v) is 5.56. The molecule has 1 aliphatic rings. The van der Waals surface area contributed by atoms with Crippen LogP contribution in [0.4, 0.5) is 0 Å². The van der Waals surface area contributed by atoms with E-state index in [1.54, 1.807) is 18.2 Å². The number of nitrogens with zero attached hydrogens (tertiary/aromatic N) is 2. The van der Waals surface area contributed by atoms with Crippen molar-refractivity contribution in [3.63, 3.8) is 0 Å². The van der Waals surface area contributed by atoms with Crippen molar-refractivity contribution >= 4 is 5.91 Å². The normalized spacial score (nSPS) is 17.4. The van der Waals surface area contributed by atoms with Gasteiger partial charge in [-0.3, -0.25) is 4.79 Å². The molecular weight excluding hydrogens is 304 g/mol. The monoisotopic (exact) mass is 324 g/mol. The Kier molecular flexibility index (Phi) is 4.91. The fourth-order valence-electron chi connectivity index (χ4n) is 2.74. The molecular formula is C19H20N2O3. The standard InChI is InChI=1S/C19H20N2O3/c1-3-19(22)21-10-11-24-17(13-21)15-6-4-14(5-7-15)16-8-9-18(23-2)20-12-16/h3-9,12,17H,1,10-11,13H2,2H3/t17-/m0/s1. The maximum Gasteiger partial charge on any atom is 0.246 e. The molecule has 0 radical (unpaired) electrons. The average molecular weight is 324 g/mol. The Morgan fingerprint density at radius 3 is 2.67 bits per heavy atom. The van der Waals surface area contributed by atoms with Crippen molar-refractivity contribution in [2.24, 2.45) is 0 Å². The predicted octanol–water partition coefficient (Wildman–Crippen LogP) is 2.84. The van der Waals surface area contributed by atoms with Gasteiger partial charge < -0.3 is 14.4 Å². The molecule has 124 valence electrons. The maximum atomic E-state index is 11.8. The molecule has 5 heteroatoms. The molecule has 1 amide bonds. The van der Waals surface area contributed by atoms with Gasteiger partial charge in [0.05, 0.1) is 20.3 Å². The lowest BCUT2D eigenvalue weighted by molar-refractivity contribution is -0.133. The molecule has 0 saturated carbocycles. The number of hydrogen-bond acceptors (Lipinski definition) is 4. The minimum atomic E-state index is -0.106.